The number of benzene rings is 2. The van der Waals surface area contributed by atoms with E-state index in [9.17, 15) is 4.79 Å². The smallest absolute Gasteiger partial charge is 0.255 e. The maximum Gasteiger partial charge on any atom is 0.255 e. The van der Waals surface area contributed by atoms with Gasteiger partial charge in [-0.25, -0.2) is 0 Å². The number of nitrogens with zero attached hydrogens (tertiary/aromatic N) is 1. The minimum Gasteiger partial charge on any atom is -0.377 e. The van der Waals surface area contributed by atoms with Gasteiger partial charge in [0.1, 0.15) is 0 Å². The van der Waals surface area contributed by atoms with Crippen LogP contribution in [0.25, 0.3) is 0 Å². The second-order valence-electron chi connectivity index (χ2n) is 4.86. The number of amides is 1. The van der Waals surface area contributed by atoms with Crippen LogP contribution in [0.2, 0.25) is 5.02 Å². The van der Waals surface area contributed by atoms with E-state index in [-0.39, 0.29) is 5.91 Å². The van der Waals surface area contributed by atoms with E-state index in [4.69, 9.17) is 11.6 Å². The van der Waals surface area contributed by atoms with Crippen molar-refractivity contribution in [2.45, 2.75) is 6.92 Å². The van der Waals surface area contributed by atoms with E-state index < -0.39 is 0 Å². The van der Waals surface area contributed by atoms with Crippen LogP contribution in [0.1, 0.15) is 15.9 Å². The Morgan fingerprint density at radius 1 is 1.10 bits per heavy atom. The quantitative estimate of drug-likeness (QED) is 0.927. The molecule has 0 radical (unpaired) electrons. The van der Waals surface area contributed by atoms with Crippen molar-refractivity contribution in [3.8, 4) is 0 Å². The number of hydrogen-bond acceptors (Lipinski definition) is 2. The molecule has 0 bridgehead atoms. The van der Waals surface area contributed by atoms with E-state index in [2.05, 4.69) is 5.32 Å². The van der Waals surface area contributed by atoms with Crippen LogP contribution in [0, 0.1) is 6.92 Å². The number of anilines is 2. The van der Waals surface area contributed by atoms with E-state index >= 15 is 0 Å². The summed E-state index contributed by atoms with van der Waals surface area (Å²) in [5.74, 6) is -0.124. The zero-order valence-corrected chi connectivity index (χ0v) is 12.5. The molecule has 0 aliphatic rings. The molecule has 2 aromatic rings. The molecule has 4 heteroatoms. The van der Waals surface area contributed by atoms with Gasteiger partial charge in [-0.2, -0.15) is 0 Å². The Kier molecular flexibility index (Phi) is 4.30. The average molecular weight is 289 g/mol. The highest BCUT2D eigenvalue weighted by Gasteiger charge is 2.09. The predicted molar refractivity (Wildman–Crippen MR) is 84.9 cm³/mol. The molecule has 0 aromatic heterocycles. The monoisotopic (exact) mass is 288 g/mol. The van der Waals surface area contributed by atoms with Gasteiger partial charge in [0.05, 0.1) is 0 Å². The zero-order chi connectivity index (χ0) is 14.7. The third-order valence-electron chi connectivity index (χ3n) is 3.04. The fraction of sp³-hybridized carbons (Fsp3) is 0.188. The maximum atomic E-state index is 12.2. The minimum atomic E-state index is -0.124. The molecular formula is C16H17ClN2O. The lowest BCUT2D eigenvalue weighted by atomic mass is 10.1. The van der Waals surface area contributed by atoms with Gasteiger partial charge in [0.15, 0.2) is 0 Å². The standard InChI is InChI=1S/C16H17ClN2O/c1-11-10-12(4-9-15(11)19(2)3)16(20)18-14-7-5-13(17)6-8-14/h4-10H,1-3H3,(H,18,20). The Hall–Kier alpha value is -2.00. The van der Waals surface area contributed by atoms with Gasteiger partial charge in [0, 0.05) is 36.1 Å². The lowest BCUT2D eigenvalue weighted by molar-refractivity contribution is 0.102. The zero-order valence-electron chi connectivity index (χ0n) is 11.8. The number of hydrogen-bond donors (Lipinski definition) is 1. The Bertz CT molecular complexity index is 621. The molecule has 104 valence electrons. The molecule has 1 amide bonds. The first kappa shape index (κ1) is 14.4. The minimum absolute atomic E-state index is 0.124. The van der Waals surface area contributed by atoms with Gasteiger partial charge in [0.2, 0.25) is 0 Å². The summed E-state index contributed by atoms with van der Waals surface area (Å²) in [5.41, 5.74) is 3.54. The third-order valence-corrected chi connectivity index (χ3v) is 3.29. The van der Waals surface area contributed by atoms with Gasteiger partial charge >= 0.3 is 0 Å². The number of nitrogens with one attached hydrogen (secondary N) is 1. The van der Waals surface area contributed by atoms with Crippen LogP contribution >= 0.6 is 11.6 Å². The van der Waals surface area contributed by atoms with Crippen molar-refractivity contribution in [3.63, 3.8) is 0 Å². The molecule has 0 saturated carbocycles. The third kappa shape index (κ3) is 3.31. The summed E-state index contributed by atoms with van der Waals surface area (Å²) in [6.45, 7) is 1.99. The van der Waals surface area contributed by atoms with Crippen molar-refractivity contribution in [2.24, 2.45) is 0 Å². The second kappa shape index (κ2) is 5.97. The molecule has 0 fully saturated rings. The van der Waals surface area contributed by atoms with Gasteiger partial charge in [-0.15, -0.1) is 0 Å². The molecule has 0 heterocycles. The molecule has 0 spiro atoms. The van der Waals surface area contributed by atoms with Crippen LogP contribution in [0.3, 0.4) is 0 Å². The first-order valence-electron chi connectivity index (χ1n) is 6.32. The normalized spacial score (nSPS) is 10.2. The summed E-state index contributed by atoms with van der Waals surface area (Å²) < 4.78 is 0. The molecule has 20 heavy (non-hydrogen) atoms. The molecule has 0 unspecified atom stereocenters. The number of rotatable bonds is 3. The molecular weight excluding hydrogens is 272 g/mol. The molecule has 0 aliphatic carbocycles. The van der Waals surface area contributed by atoms with Crippen LogP contribution < -0.4 is 10.2 Å². The van der Waals surface area contributed by atoms with Crippen molar-refractivity contribution in [1.82, 2.24) is 0 Å². The highest BCUT2D eigenvalue weighted by molar-refractivity contribution is 6.30. The Morgan fingerprint density at radius 2 is 1.75 bits per heavy atom. The van der Waals surface area contributed by atoms with E-state index in [1.54, 1.807) is 24.3 Å². The van der Waals surface area contributed by atoms with E-state index in [0.29, 0.717) is 10.6 Å². The van der Waals surface area contributed by atoms with Gasteiger partial charge in [-0.05, 0) is 55.0 Å². The molecule has 0 saturated heterocycles. The van der Waals surface area contributed by atoms with Gasteiger partial charge in [-0.3, -0.25) is 4.79 Å². The summed E-state index contributed by atoms with van der Waals surface area (Å²) >= 11 is 5.82. The highest BCUT2D eigenvalue weighted by Crippen LogP contribution is 2.20. The molecule has 3 nitrogen and oxygen atoms in total. The maximum absolute atomic E-state index is 12.2. The Balaban J connectivity index is 2.17. The number of halogens is 1. The van der Waals surface area contributed by atoms with Crippen molar-refractivity contribution in [1.29, 1.82) is 0 Å². The molecule has 0 aliphatic heterocycles. The van der Waals surface area contributed by atoms with E-state index in [1.807, 2.05) is 44.1 Å². The van der Waals surface area contributed by atoms with Crippen molar-refractivity contribution < 1.29 is 4.79 Å². The van der Waals surface area contributed by atoms with Gasteiger partial charge in [0.25, 0.3) is 5.91 Å². The van der Waals surface area contributed by atoms with Crippen LogP contribution in [-0.2, 0) is 0 Å². The van der Waals surface area contributed by atoms with E-state index in [0.717, 1.165) is 16.9 Å². The van der Waals surface area contributed by atoms with Crippen molar-refractivity contribution in [2.75, 3.05) is 24.3 Å². The number of carbonyl (C=O) groups excluding carboxylic acids is 1. The number of carbonyl (C=O) groups is 1. The fourth-order valence-corrected chi connectivity index (χ4v) is 2.16. The number of aryl methyl sites for hydroxylation is 1. The topological polar surface area (TPSA) is 32.3 Å². The molecule has 2 aromatic carbocycles. The van der Waals surface area contributed by atoms with Gasteiger partial charge in [-0.1, -0.05) is 11.6 Å². The first-order valence-corrected chi connectivity index (χ1v) is 6.70. The summed E-state index contributed by atoms with van der Waals surface area (Å²) in [5, 5.41) is 3.50. The average Bonchev–Trinajstić information content (AvgIpc) is 2.40. The van der Waals surface area contributed by atoms with Crippen LogP contribution in [-0.4, -0.2) is 20.0 Å². The summed E-state index contributed by atoms with van der Waals surface area (Å²) in [4.78, 5) is 14.2. The molecule has 0 atom stereocenters. The fourth-order valence-electron chi connectivity index (χ4n) is 2.03. The Labute approximate surface area is 124 Å². The lowest BCUT2D eigenvalue weighted by Crippen LogP contribution is -2.14. The second-order valence-corrected chi connectivity index (χ2v) is 5.29. The van der Waals surface area contributed by atoms with E-state index in [1.165, 1.54) is 0 Å². The molecule has 1 N–H and O–H groups in total. The van der Waals surface area contributed by atoms with Crippen LogP contribution in [0.4, 0.5) is 11.4 Å². The first-order chi connectivity index (χ1) is 9.47. The summed E-state index contributed by atoms with van der Waals surface area (Å²) in [7, 11) is 3.96. The summed E-state index contributed by atoms with van der Waals surface area (Å²) in [6, 6.07) is 12.7. The van der Waals surface area contributed by atoms with Crippen LogP contribution in [0.5, 0.6) is 0 Å². The SMILES string of the molecule is Cc1cc(C(=O)Nc2ccc(Cl)cc2)ccc1N(C)C. The predicted octanol–water partition coefficient (Wildman–Crippen LogP) is 3.97. The van der Waals surface area contributed by atoms with Gasteiger partial charge < -0.3 is 10.2 Å². The molecule has 2 rings (SSSR count). The largest absolute Gasteiger partial charge is 0.377 e. The summed E-state index contributed by atoms with van der Waals surface area (Å²) in [6.07, 6.45) is 0. The lowest BCUT2D eigenvalue weighted by Gasteiger charge is -2.16. The van der Waals surface area contributed by atoms with Crippen LogP contribution in [0.15, 0.2) is 42.5 Å². The van der Waals surface area contributed by atoms with Crippen molar-refractivity contribution >= 4 is 28.9 Å². The van der Waals surface area contributed by atoms with Crippen molar-refractivity contribution in [3.05, 3.63) is 58.6 Å². The highest BCUT2D eigenvalue weighted by atomic mass is 35.5. The Morgan fingerprint density at radius 3 is 2.30 bits per heavy atom.